The number of benzene rings is 1. The molecule has 17 heavy (non-hydrogen) atoms. The van der Waals surface area contributed by atoms with E-state index < -0.39 is 5.91 Å². The molecule has 0 aliphatic carbocycles. The van der Waals surface area contributed by atoms with Crippen LogP contribution >= 0.6 is 15.9 Å². The third-order valence-electron chi connectivity index (χ3n) is 2.30. The summed E-state index contributed by atoms with van der Waals surface area (Å²) in [5.74, 6) is -0.944. The number of carbonyl (C=O) groups is 1. The van der Waals surface area contributed by atoms with Gasteiger partial charge in [-0.2, -0.15) is 5.10 Å². The number of aromatic nitrogens is 2. The summed E-state index contributed by atoms with van der Waals surface area (Å²) in [6, 6.07) is 5.91. The molecule has 0 atom stereocenters. The van der Waals surface area contributed by atoms with E-state index in [-0.39, 0.29) is 5.82 Å². The van der Waals surface area contributed by atoms with Crippen molar-refractivity contribution >= 4 is 21.8 Å². The Hall–Kier alpha value is -1.69. The number of nitrogens with zero attached hydrogens (tertiary/aromatic N) is 2. The quantitative estimate of drug-likeness (QED) is 0.923. The maximum absolute atomic E-state index is 13.1. The Kier molecular flexibility index (Phi) is 2.97. The monoisotopic (exact) mass is 297 g/mol. The summed E-state index contributed by atoms with van der Waals surface area (Å²) in [6.45, 7) is 1.67. The van der Waals surface area contributed by atoms with E-state index in [0.717, 1.165) is 0 Å². The molecular formula is C11H9BrFN3O. The number of rotatable bonds is 2. The molecular weight excluding hydrogens is 289 g/mol. The van der Waals surface area contributed by atoms with Gasteiger partial charge in [-0.15, -0.1) is 0 Å². The molecule has 0 saturated heterocycles. The van der Waals surface area contributed by atoms with Gasteiger partial charge in [0.25, 0.3) is 5.91 Å². The van der Waals surface area contributed by atoms with E-state index in [0.29, 0.717) is 21.5 Å². The van der Waals surface area contributed by atoms with E-state index in [4.69, 9.17) is 5.73 Å². The molecule has 2 rings (SSSR count). The Balaban J connectivity index is 2.62. The van der Waals surface area contributed by atoms with Crippen LogP contribution in [0, 0.1) is 12.7 Å². The van der Waals surface area contributed by atoms with E-state index in [1.54, 1.807) is 19.1 Å². The van der Waals surface area contributed by atoms with Gasteiger partial charge in [0.1, 0.15) is 10.4 Å². The molecule has 1 heterocycles. The topological polar surface area (TPSA) is 60.9 Å². The van der Waals surface area contributed by atoms with Gasteiger partial charge in [-0.1, -0.05) is 6.07 Å². The van der Waals surface area contributed by atoms with Crippen molar-refractivity contribution in [1.82, 2.24) is 9.78 Å². The SMILES string of the molecule is Cc1nn(-c2cccc(F)c2)c(Br)c1C(N)=O. The van der Waals surface area contributed by atoms with Crippen LogP contribution in [-0.4, -0.2) is 15.7 Å². The summed E-state index contributed by atoms with van der Waals surface area (Å²) in [4.78, 5) is 11.2. The summed E-state index contributed by atoms with van der Waals surface area (Å²) in [7, 11) is 0. The molecule has 88 valence electrons. The minimum atomic E-state index is -0.572. The molecule has 6 heteroatoms. The lowest BCUT2D eigenvalue weighted by molar-refractivity contribution is 0.0999. The average Bonchev–Trinajstić information content (AvgIpc) is 2.54. The number of hydrogen-bond acceptors (Lipinski definition) is 2. The van der Waals surface area contributed by atoms with E-state index in [1.807, 2.05) is 0 Å². The molecule has 1 aromatic carbocycles. The molecule has 2 aromatic rings. The Morgan fingerprint density at radius 3 is 2.76 bits per heavy atom. The number of carbonyl (C=O) groups excluding carboxylic acids is 1. The van der Waals surface area contributed by atoms with Gasteiger partial charge < -0.3 is 5.73 Å². The smallest absolute Gasteiger partial charge is 0.253 e. The molecule has 0 bridgehead atoms. The molecule has 0 unspecified atom stereocenters. The number of hydrogen-bond donors (Lipinski definition) is 1. The standard InChI is InChI=1S/C11H9BrFN3O/c1-6-9(11(14)17)10(12)16(15-6)8-4-2-3-7(13)5-8/h2-5H,1H3,(H2,14,17). The molecule has 1 aromatic heterocycles. The summed E-state index contributed by atoms with van der Waals surface area (Å²) in [5, 5.41) is 4.15. The Morgan fingerprint density at radius 1 is 1.53 bits per heavy atom. The lowest BCUT2D eigenvalue weighted by Gasteiger charge is -2.03. The van der Waals surface area contributed by atoms with E-state index in [2.05, 4.69) is 21.0 Å². The van der Waals surface area contributed by atoms with Crippen LogP contribution in [-0.2, 0) is 0 Å². The minimum absolute atomic E-state index is 0.300. The molecule has 0 aliphatic rings. The van der Waals surface area contributed by atoms with Gasteiger partial charge >= 0.3 is 0 Å². The lowest BCUT2D eigenvalue weighted by atomic mass is 10.2. The zero-order valence-corrected chi connectivity index (χ0v) is 10.5. The van der Waals surface area contributed by atoms with Crippen LogP contribution < -0.4 is 5.73 Å². The normalized spacial score (nSPS) is 10.5. The van der Waals surface area contributed by atoms with Crippen LogP contribution in [0.15, 0.2) is 28.9 Å². The molecule has 0 fully saturated rings. The van der Waals surface area contributed by atoms with Gasteiger partial charge in [0.05, 0.1) is 16.9 Å². The Bertz CT molecular complexity index is 594. The van der Waals surface area contributed by atoms with Gasteiger partial charge in [-0.3, -0.25) is 4.79 Å². The number of amides is 1. The summed E-state index contributed by atoms with van der Waals surface area (Å²) in [6.07, 6.45) is 0. The summed E-state index contributed by atoms with van der Waals surface area (Å²) < 4.78 is 15.0. The Morgan fingerprint density at radius 2 is 2.24 bits per heavy atom. The highest BCUT2D eigenvalue weighted by molar-refractivity contribution is 9.10. The van der Waals surface area contributed by atoms with Crippen molar-refractivity contribution in [2.24, 2.45) is 5.73 Å². The van der Waals surface area contributed by atoms with Crippen molar-refractivity contribution in [2.75, 3.05) is 0 Å². The minimum Gasteiger partial charge on any atom is -0.365 e. The predicted octanol–water partition coefficient (Wildman–Crippen LogP) is 2.18. The maximum Gasteiger partial charge on any atom is 0.253 e. The molecule has 1 amide bonds. The fraction of sp³-hybridized carbons (Fsp3) is 0.0909. The summed E-state index contributed by atoms with van der Waals surface area (Å²) in [5.41, 5.74) is 6.56. The number of primary amides is 1. The van der Waals surface area contributed by atoms with Crippen LogP contribution in [0.3, 0.4) is 0 Å². The van der Waals surface area contributed by atoms with Crippen molar-refractivity contribution in [3.05, 3.63) is 45.9 Å². The average molecular weight is 298 g/mol. The number of nitrogens with two attached hydrogens (primary N) is 1. The molecule has 4 nitrogen and oxygen atoms in total. The first-order valence-electron chi connectivity index (χ1n) is 4.81. The fourth-order valence-electron chi connectivity index (χ4n) is 1.56. The maximum atomic E-state index is 13.1. The third kappa shape index (κ3) is 2.08. The molecule has 0 aliphatic heterocycles. The van der Waals surface area contributed by atoms with Crippen molar-refractivity contribution in [2.45, 2.75) is 6.92 Å². The largest absolute Gasteiger partial charge is 0.365 e. The first-order valence-corrected chi connectivity index (χ1v) is 5.61. The Labute approximate surface area is 105 Å². The molecule has 0 saturated carbocycles. The number of aryl methyl sites for hydroxylation is 1. The highest BCUT2D eigenvalue weighted by atomic mass is 79.9. The van der Waals surface area contributed by atoms with E-state index >= 15 is 0 Å². The predicted molar refractivity (Wildman–Crippen MR) is 64.5 cm³/mol. The molecule has 2 N–H and O–H groups in total. The van der Waals surface area contributed by atoms with Crippen molar-refractivity contribution < 1.29 is 9.18 Å². The van der Waals surface area contributed by atoms with Gasteiger partial charge in [0.15, 0.2) is 0 Å². The van der Waals surface area contributed by atoms with Gasteiger partial charge in [-0.05, 0) is 41.1 Å². The second kappa shape index (κ2) is 4.29. The van der Waals surface area contributed by atoms with Crippen molar-refractivity contribution in [1.29, 1.82) is 0 Å². The van der Waals surface area contributed by atoms with Crippen LogP contribution in [0.1, 0.15) is 16.1 Å². The fourth-order valence-corrected chi connectivity index (χ4v) is 2.32. The number of halogens is 2. The van der Waals surface area contributed by atoms with Gasteiger partial charge in [0, 0.05) is 0 Å². The summed E-state index contributed by atoms with van der Waals surface area (Å²) >= 11 is 3.24. The lowest BCUT2D eigenvalue weighted by Crippen LogP contribution is -2.12. The highest BCUT2D eigenvalue weighted by Gasteiger charge is 2.18. The second-order valence-electron chi connectivity index (χ2n) is 3.51. The van der Waals surface area contributed by atoms with Gasteiger partial charge in [0.2, 0.25) is 0 Å². The van der Waals surface area contributed by atoms with E-state index in [1.165, 1.54) is 16.8 Å². The molecule has 0 spiro atoms. The van der Waals surface area contributed by atoms with Crippen molar-refractivity contribution in [3.63, 3.8) is 0 Å². The van der Waals surface area contributed by atoms with Gasteiger partial charge in [-0.25, -0.2) is 9.07 Å². The van der Waals surface area contributed by atoms with Crippen LogP contribution in [0.5, 0.6) is 0 Å². The van der Waals surface area contributed by atoms with E-state index in [9.17, 15) is 9.18 Å². The van der Waals surface area contributed by atoms with Crippen LogP contribution in [0.2, 0.25) is 0 Å². The van der Waals surface area contributed by atoms with Crippen molar-refractivity contribution in [3.8, 4) is 5.69 Å². The first kappa shape index (κ1) is 11.8. The highest BCUT2D eigenvalue weighted by Crippen LogP contribution is 2.23. The third-order valence-corrected chi connectivity index (χ3v) is 3.04. The zero-order chi connectivity index (χ0) is 12.6. The second-order valence-corrected chi connectivity index (χ2v) is 4.26. The first-order chi connectivity index (χ1) is 8.00. The zero-order valence-electron chi connectivity index (χ0n) is 8.95. The molecule has 0 radical (unpaired) electrons. The van der Waals surface area contributed by atoms with Crippen LogP contribution in [0.4, 0.5) is 4.39 Å². The van der Waals surface area contributed by atoms with Crippen LogP contribution in [0.25, 0.3) is 5.69 Å².